The highest BCUT2D eigenvalue weighted by molar-refractivity contribution is 5.98. The van der Waals surface area contributed by atoms with Gasteiger partial charge in [0, 0.05) is 12.8 Å². The van der Waals surface area contributed by atoms with Crippen molar-refractivity contribution in [1.29, 1.82) is 0 Å². The highest BCUT2D eigenvalue weighted by Crippen LogP contribution is 2.04. The van der Waals surface area contributed by atoms with E-state index in [1.54, 1.807) is 0 Å². The quantitative estimate of drug-likeness (QED) is 0.0693. The lowest BCUT2D eigenvalue weighted by molar-refractivity contribution is -0.136. The minimum atomic E-state index is -1.70. The lowest BCUT2D eigenvalue weighted by atomic mass is 10.1. The van der Waals surface area contributed by atoms with Gasteiger partial charge in [-0.15, -0.1) is 0 Å². The second-order valence-electron chi connectivity index (χ2n) is 8.05. The van der Waals surface area contributed by atoms with E-state index in [9.17, 15) is 43.2 Å². The molecule has 0 aromatic carbocycles. The molecule has 38 heavy (non-hydrogen) atoms. The summed E-state index contributed by atoms with van der Waals surface area (Å²) >= 11 is 0. The SMILES string of the molecule is NCC(=O)N[C@@H](CC(N)=O)C(=O)N[C@@H](CC(N)=O)C(=O)N[C@@H](CCC(N)=O)C(=O)N[C@H](C=O)CCC(N)=O. The highest BCUT2D eigenvalue weighted by Gasteiger charge is 2.32. The summed E-state index contributed by atoms with van der Waals surface area (Å²) in [5, 5.41) is 8.75. The molecule has 212 valence electrons. The molecule has 18 heteroatoms. The summed E-state index contributed by atoms with van der Waals surface area (Å²) in [6, 6.07) is -5.91. The van der Waals surface area contributed by atoms with Crippen molar-refractivity contribution >= 4 is 53.5 Å². The first-order valence-electron chi connectivity index (χ1n) is 11.2. The number of hydrogen-bond acceptors (Lipinski definition) is 10. The second-order valence-corrected chi connectivity index (χ2v) is 8.05. The van der Waals surface area contributed by atoms with Crippen LogP contribution in [-0.2, 0) is 43.2 Å². The van der Waals surface area contributed by atoms with E-state index < -0.39 is 90.8 Å². The van der Waals surface area contributed by atoms with Gasteiger partial charge in [0.1, 0.15) is 24.4 Å². The van der Waals surface area contributed by atoms with Crippen molar-refractivity contribution in [3.05, 3.63) is 0 Å². The highest BCUT2D eigenvalue weighted by atomic mass is 16.2. The summed E-state index contributed by atoms with van der Waals surface area (Å²) in [4.78, 5) is 106. The van der Waals surface area contributed by atoms with Crippen molar-refractivity contribution in [2.75, 3.05) is 6.54 Å². The average Bonchev–Trinajstić information content (AvgIpc) is 2.81. The van der Waals surface area contributed by atoms with Gasteiger partial charge in [0.25, 0.3) is 0 Å². The largest absolute Gasteiger partial charge is 0.370 e. The van der Waals surface area contributed by atoms with Crippen LogP contribution in [0.5, 0.6) is 0 Å². The number of carbonyl (C=O) groups is 9. The Kier molecular flexibility index (Phi) is 14.9. The number of hydrogen-bond donors (Lipinski definition) is 9. The molecule has 0 aromatic rings. The van der Waals surface area contributed by atoms with E-state index in [4.69, 9.17) is 28.7 Å². The lowest BCUT2D eigenvalue weighted by Crippen LogP contribution is -2.58. The first-order valence-corrected chi connectivity index (χ1v) is 11.2. The van der Waals surface area contributed by atoms with E-state index in [2.05, 4.69) is 21.3 Å². The zero-order valence-electron chi connectivity index (χ0n) is 20.4. The molecule has 0 saturated heterocycles. The van der Waals surface area contributed by atoms with Crippen LogP contribution in [0.2, 0.25) is 0 Å². The summed E-state index contributed by atoms with van der Waals surface area (Å²) in [5.41, 5.74) is 25.5. The van der Waals surface area contributed by atoms with Crippen LogP contribution >= 0.6 is 0 Å². The molecule has 4 atom stereocenters. The van der Waals surface area contributed by atoms with Crippen molar-refractivity contribution in [2.24, 2.45) is 28.7 Å². The Bertz CT molecular complexity index is 941. The van der Waals surface area contributed by atoms with Crippen LogP contribution in [0.25, 0.3) is 0 Å². The first kappa shape index (κ1) is 33.4. The standard InChI is InChI=1S/C20H33N9O9/c21-7-17(35)27-11(5-15(24)33)19(37)29-12(6-16(25)34)20(38)28-10(2-4-14(23)32)18(36)26-9(8-30)1-3-13(22)31/h8-12H,1-7,21H2,(H2,22,31)(H2,23,32)(H2,24,33)(H2,25,34)(H,26,36)(H,27,35)(H,28,38)(H,29,37)/t9-,10-,11-,12-/m0/s1. The molecule has 0 heterocycles. The number of aldehydes is 1. The number of nitrogens with one attached hydrogen (secondary N) is 4. The Hall–Kier alpha value is -4.61. The van der Waals surface area contributed by atoms with Crippen LogP contribution in [0.3, 0.4) is 0 Å². The number of rotatable bonds is 19. The molecule has 0 aliphatic heterocycles. The Labute approximate surface area is 216 Å². The molecule has 0 spiro atoms. The second kappa shape index (κ2) is 17.0. The van der Waals surface area contributed by atoms with Crippen molar-refractivity contribution in [3.8, 4) is 0 Å². The van der Waals surface area contributed by atoms with E-state index in [0.29, 0.717) is 6.29 Å². The topological polar surface area (TPSA) is 332 Å². The maximum atomic E-state index is 12.9. The number of amides is 8. The summed E-state index contributed by atoms with van der Waals surface area (Å²) in [6.45, 7) is -0.536. The van der Waals surface area contributed by atoms with Gasteiger partial charge in [0.05, 0.1) is 25.4 Å². The Morgan fingerprint density at radius 2 is 1.00 bits per heavy atom. The zero-order valence-corrected chi connectivity index (χ0v) is 20.4. The Morgan fingerprint density at radius 3 is 1.42 bits per heavy atom. The molecule has 0 saturated carbocycles. The van der Waals surface area contributed by atoms with Crippen molar-refractivity contribution in [3.63, 3.8) is 0 Å². The summed E-state index contributed by atoms with van der Waals surface area (Å²) < 4.78 is 0. The van der Waals surface area contributed by atoms with E-state index >= 15 is 0 Å². The summed E-state index contributed by atoms with van der Waals surface area (Å²) in [5.74, 6) is -7.59. The maximum Gasteiger partial charge on any atom is 0.243 e. The van der Waals surface area contributed by atoms with E-state index in [0.717, 1.165) is 0 Å². The van der Waals surface area contributed by atoms with Crippen LogP contribution < -0.4 is 49.9 Å². The van der Waals surface area contributed by atoms with Gasteiger partial charge >= 0.3 is 0 Å². The van der Waals surface area contributed by atoms with E-state index in [-0.39, 0.29) is 25.7 Å². The molecule has 0 rings (SSSR count). The number of carbonyl (C=O) groups excluding carboxylic acids is 9. The lowest BCUT2D eigenvalue weighted by Gasteiger charge is -2.25. The minimum Gasteiger partial charge on any atom is -0.370 e. The van der Waals surface area contributed by atoms with Crippen LogP contribution in [0.15, 0.2) is 0 Å². The number of nitrogens with two attached hydrogens (primary N) is 5. The van der Waals surface area contributed by atoms with Crippen molar-refractivity contribution in [2.45, 2.75) is 62.7 Å². The predicted molar refractivity (Wildman–Crippen MR) is 127 cm³/mol. The van der Waals surface area contributed by atoms with E-state index in [1.807, 2.05) is 0 Å². The molecule has 14 N–H and O–H groups in total. The van der Waals surface area contributed by atoms with Crippen molar-refractivity contribution < 1.29 is 43.2 Å². The van der Waals surface area contributed by atoms with Gasteiger partial charge in [-0.05, 0) is 12.8 Å². The van der Waals surface area contributed by atoms with Gasteiger partial charge in [-0.25, -0.2) is 0 Å². The molecular formula is C20H33N9O9. The summed E-state index contributed by atoms with van der Waals surface area (Å²) in [7, 11) is 0. The molecular weight excluding hydrogens is 510 g/mol. The van der Waals surface area contributed by atoms with Gasteiger partial charge in [0.2, 0.25) is 47.3 Å². The Balaban J connectivity index is 5.76. The van der Waals surface area contributed by atoms with Gasteiger partial charge in [-0.2, -0.15) is 0 Å². The van der Waals surface area contributed by atoms with Gasteiger partial charge in [0.15, 0.2) is 0 Å². The van der Waals surface area contributed by atoms with Gasteiger partial charge in [-0.3, -0.25) is 38.4 Å². The van der Waals surface area contributed by atoms with Crippen LogP contribution in [0.1, 0.15) is 38.5 Å². The third-order valence-corrected chi connectivity index (χ3v) is 4.79. The average molecular weight is 544 g/mol. The fourth-order valence-electron chi connectivity index (χ4n) is 2.93. The molecule has 8 amide bonds. The number of primary amides is 4. The fourth-order valence-corrected chi connectivity index (χ4v) is 2.93. The normalized spacial score (nSPS) is 13.5. The van der Waals surface area contributed by atoms with Crippen molar-refractivity contribution in [1.82, 2.24) is 21.3 Å². The molecule has 0 bridgehead atoms. The smallest absolute Gasteiger partial charge is 0.243 e. The molecule has 0 aliphatic rings. The third-order valence-electron chi connectivity index (χ3n) is 4.79. The van der Waals surface area contributed by atoms with Gasteiger partial charge in [-0.1, -0.05) is 0 Å². The van der Waals surface area contributed by atoms with Gasteiger partial charge < -0.3 is 54.7 Å². The minimum absolute atomic E-state index is 0.142. The van der Waals surface area contributed by atoms with Crippen LogP contribution in [0.4, 0.5) is 0 Å². The molecule has 0 radical (unpaired) electrons. The summed E-state index contributed by atoms with van der Waals surface area (Å²) in [6.07, 6.45) is -2.22. The first-order chi connectivity index (χ1) is 17.7. The molecule has 0 fully saturated rings. The van der Waals surface area contributed by atoms with E-state index in [1.165, 1.54) is 0 Å². The van der Waals surface area contributed by atoms with Crippen LogP contribution in [0, 0.1) is 0 Å². The third kappa shape index (κ3) is 14.1. The molecule has 0 aliphatic carbocycles. The monoisotopic (exact) mass is 543 g/mol. The van der Waals surface area contributed by atoms with Crippen LogP contribution in [-0.4, -0.2) is 84.3 Å². The molecule has 0 unspecified atom stereocenters. The Morgan fingerprint density at radius 1 is 0.579 bits per heavy atom. The molecule has 0 aromatic heterocycles. The fraction of sp³-hybridized carbons (Fsp3) is 0.550. The zero-order chi connectivity index (χ0) is 29.4. The molecule has 18 nitrogen and oxygen atoms in total. The maximum absolute atomic E-state index is 12.9. The predicted octanol–water partition coefficient (Wildman–Crippen LogP) is -6.64.